The van der Waals surface area contributed by atoms with Crippen molar-refractivity contribution >= 4 is 17.1 Å². The van der Waals surface area contributed by atoms with Crippen LogP contribution in [0.4, 0.5) is 18.0 Å². The molecule has 0 bridgehead atoms. The van der Waals surface area contributed by atoms with Crippen LogP contribution in [-0.2, 0) is 0 Å². The highest BCUT2D eigenvalue weighted by Gasteiger charge is 2.57. The average molecular weight is 466 g/mol. The van der Waals surface area contributed by atoms with E-state index in [1.165, 1.54) is 25.4 Å². The number of fused-ring (bicyclic) bond motifs is 1. The van der Waals surface area contributed by atoms with E-state index in [9.17, 15) is 18.0 Å². The summed E-state index contributed by atoms with van der Waals surface area (Å²) in [6.45, 7) is 1.52. The van der Waals surface area contributed by atoms with Gasteiger partial charge >= 0.3 is 6.03 Å². The van der Waals surface area contributed by atoms with Gasteiger partial charge in [0.25, 0.3) is 5.92 Å². The molecular formula is C21H21F3N4O5. The van der Waals surface area contributed by atoms with Gasteiger partial charge < -0.3 is 29.7 Å². The van der Waals surface area contributed by atoms with Crippen LogP contribution in [0.5, 0.6) is 17.4 Å². The Morgan fingerprint density at radius 1 is 1.36 bits per heavy atom. The van der Waals surface area contributed by atoms with Crippen LogP contribution in [-0.4, -0.2) is 48.3 Å². The van der Waals surface area contributed by atoms with E-state index in [0.717, 1.165) is 6.07 Å². The first-order valence-corrected chi connectivity index (χ1v) is 10.00. The number of benzene rings is 1. The van der Waals surface area contributed by atoms with E-state index in [1.54, 1.807) is 6.92 Å². The van der Waals surface area contributed by atoms with Crippen molar-refractivity contribution in [1.82, 2.24) is 15.3 Å². The van der Waals surface area contributed by atoms with Gasteiger partial charge in [-0.2, -0.15) is 0 Å². The molecule has 0 saturated heterocycles. The van der Waals surface area contributed by atoms with Crippen LogP contribution in [0.2, 0.25) is 0 Å². The molecule has 0 spiro atoms. The zero-order valence-electron chi connectivity index (χ0n) is 17.7. The first-order valence-electron chi connectivity index (χ1n) is 10.00. The third-order valence-corrected chi connectivity index (χ3v) is 4.98. The topological polar surface area (TPSA) is 122 Å². The van der Waals surface area contributed by atoms with E-state index >= 15 is 0 Å². The van der Waals surface area contributed by atoms with E-state index in [1.807, 2.05) is 0 Å². The number of alkyl halides is 2. The fraction of sp³-hybridized carbons (Fsp3) is 0.381. The molecule has 3 aromatic rings. The molecule has 0 aliphatic heterocycles. The van der Waals surface area contributed by atoms with E-state index in [4.69, 9.17) is 24.4 Å². The second-order valence-corrected chi connectivity index (χ2v) is 7.69. The van der Waals surface area contributed by atoms with Gasteiger partial charge in [-0.1, -0.05) is 0 Å². The van der Waals surface area contributed by atoms with Crippen molar-refractivity contribution < 1.29 is 36.6 Å². The Kier molecular flexibility index (Phi) is 5.91. The molecule has 3 N–H and O–H groups in total. The standard InChI is InChI=1S/C21H21F3N4O5/c1-10(27-20(25)29)8-31-17-5-15-14(7-26-17)28-19(33-15)11-3-13(22)18(16(4-11)30-2)32-9-12-6-21(12,23)24/h3-5,7,10,12H,6,8-9H2,1-2H3,(H3,25,27,29)/t10-,12+/m0/s1. The summed E-state index contributed by atoms with van der Waals surface area (Å²) < 4.78 is 62.5. The van der Waals surface area contributed by atoms with Gasteiger partial charge in [-0.25, -0.2) is 27.9 Å². The lowest BCUT2D eigenvalue weighted by Gasteiger charge is -2.12. The minimum atomic E-state index is -2.77. The van der Waals surface area contributed by atoms with Gasteiger partial charge in [0.05, 0.1) is 31.9 Å². The number of methoxy groups -OCH3 is 1. The SMILES string of the molecule is COc1cc(-c2nc3cnc(OC[C@H](C)NC(N)=O)cc3o2)cc(F)c1OC[C@H]1CC1(F)F. The molecule has 0 unspecified atom stereocenters. The molecule has 12 heteroatoms. The van der Waals surface area contributed by atoms with E-state index in [-0.39, 0.29) is 54.5 Å². The molecule has 9 nitrogen and oxygen atoms in total. The van der Waals surface area contributed by atoms with Crippen molar-refractivity contribution in [3.8, 4) is 28.8 Å². The number of nitrogens with one attached hydrogen (secondary N) is 1. The number of carbonyl (C=O) groups is 1. The summed E-state index contributed by atoms with van der Waals surface area (Å²) in [5.41, 5.74) is 6.05. The highest BCUT2D eigenvalue weighted by molar-refractivity contribution is 5.76. The monoisotopic (exact) mass is 466 g/mol. The number of urea groups is 1. The summed E-state index contributed by atoms with van der Waals surface area (Å²) in [4.78, 5) is 19.3. The lowest BCUT2D eigenvalue weighted by Crippen LogP contribution is -2.40. The Bertz CT molecular complexity index is 1190. The number of ether oxygens (including phenoxy) is 3. The molecule has 2 aromatic heterocycles. The van der Waals surface area contributed by atoms with Crippen LogP contribution in [0.1, 0.15) is 13.3 Å². The molecular weight excluding hydrogens is 445 g/mol. The van der Waals surface area contributed by atoms with Crippen LogP contribution >= 0.6 is 0 Å². The van der Waals surface area contributed by atoms with E-state index < -0.39 is 23.7 Å². The Hall–Kier alpha value is -3.70. The third-order valence-electron chi connectivity index (χ3n) is 4.98. The smallest absolute Gasteiger partial charge is 0.312 e. The molecule has 1 aromatic carbocycles. The molecule has 176 valence electrons. The highest BCUT2D eigenvalue weighted by atomic mass is 19.3. The zero-order valence-corrected chi connectivity index (χ0v) is 17.7. The molecule has 1 aliphatic rings. The second-order valence-electron chi connectivity index (χ2n) is 7.69. The van der Waals surface area contributed by atoms with Crippen LogP contribution in [0.15, 0.2) is 28.8 Å². The summed E-state index contributed by atoms with van der Waals surface area (Å²) in [7, 11) is 1.31. The van der Waals surface area contributed by atoms with Gasteiger partial charge in [0.1, 0.15) is 12.1 Å². The first kappa shape index (κ1) is 22.5. The summed E-state index contributed by atoms with van der Waals surface area (Å²) in [6, 6.07) is 3.06. The van der Waals surface area contributed by atoms with Crippen molar-refractivity contribution in [2.24, 2.45) is 11.7 Å². The summed E-state index contributed by atoms with van der Waals surface area (Å²) in [5.74, 6) is -4.41. The number of amides is 2. The molecule has 2 atom stereocenters. The Balaban J connectivity index is 1.51. The third kappa shape index (κ3) is 5.04. The number of hydrogen-bond donors (Lipinski definition) is 2. The average Bonchev–Trinajstić information content (AvgIpc) is 3.16. The minimum absolute atomic E-state index is 0.0225. The lowest BCUT2D eigenvalue weighted by atomic mass is 10.2. The van der Waals surface area contributed by atoms with Crippen LogP contribution in [0.3, 0.4) is 0 Å². The molecule has 1 saturated carbocycles. The predicted molar refractivity (Wildman–Crippen MR) is 110 cm³/mol. The number of nitrogens with two attached hydrogens (primary N) is 1. The molecule has 1 fully saturated rings. The molecule has 0 radical (unpaired) electrons. The van der Waals surface area contributed by atoms with Crippen molar-refractivity contribution in [1.29, 1.82) is 0 Å². The fourth-order valence-electron chi connectivity index (χ4n) is 3.13. The minimum Gasteiger partial charge on any atom is -0.493 e. The summed E-state index contributed by atoms with van der Waals surface area (Å²) in [6.07, 6.45) is 1.14. The largest absolute Gasteiger partial charge is 0.493 e. The number of nitrogens with zero attached hydrogens (tertiary/aromatic N) is 2. The first-order chi connectivity index (χ1) is 15.7. The fourth-order valence-corrected chi connectivity index (χ4v) is 3.13. The molecule has 4 rings (SSSR count). The van der Waals surface area contributed by atoms with Gasteiger partial charge in [0.2, 0.25) is 11.8 Å². The van der Waals surface area contributed by atoms with E-state index in [2.05, 4.69) is 15.3 Å². The van der Waals surface area contributed by atoms with Gasteiger partial charge in [-0.05, 0) is 19.1 Å². The quantitative estimate of drug-likeness (QED) is 0.495. The maximum atomic E-state index is 14.7. The summed E-state index contributed by atoms with van der Waals surface area (Å²) in [5, 5.41) is 2.47. The van der Waals surface area contributed by atoms with Gasteiger partial charge in [0, 0.05) is 18.1 Å². The molecule has 2 heterocycles. The highest BCUT2D eigenvalue weighted by Crippen LogP contribution is 2.49. The molecule has 33 heavy (non-hydrogen) atoms. The number of oxazole rings is 1. The van der Waals surface area contributed by atoms with Crippen molar-refractivity contribution in [3.63, 3.8) is 0 Å². The van der Waals surface area contributed by atoms with Crippen LogP contribution in [0, 0.1) is 11.7 Å². The van der Waals surface area contributed by atoms with Crippen molar-refractivity contribution in [2.75, 3.05) is 20.3 Å². The van der Waals surface area contributed by atoms with E-state index in [0.29, 0.717) is 11.1 Å². The molecule has 2 amide bonds. The summed E-state index contributed by atoms with van der Waals surface area (Å²) >= 11 is 0. The van der Waals surface area contributed by atoms with Gasteiger partial charge in [0.15, 0.2) is 22.9 Å². The number of halogens is 3. The maximum absolute atomic E-state index is 14.7. The number of hydrogen-bond acceptors (Lipinski definition) is 7. The maximum Gasteiger partial charge on any atom is 0.312 e. The lowest BCUT2D eigenvalue weighted by molar-refractivity contribution is 0.0844. The van der Waals surface area contributed by atoms with Crippen LogP contribution in [0.25, 0.3) is 22.6 Å². The number of primary amides is 1. The number of aromatic nitrogens is 2. The Labute approximate surface area is 186 Å². The van der Waals surface area contributed by atoms with Crippen molar-refractivity contribution in [2.45, 2.75) is 25.3 Å². The van der Waals surface area contributed by atoms with Gasteiger partial charge in [-0.15, -0.1) is 0 Å². The predicted octanol–water partition coefficient (Wildman–Crippen LogP) is 3.51. The second kappa shape index (κ2) is 8.68. The number of pyridine rings is 1. The van der Waals surface area contributed by atoms with Crippen LogP contribution < -0.4 is 25.3 Å². The number of rotatable bonds is 9. The molecule has 1 aliphatic carbocycles. The Morgan fingerprint density at radius 2 is 2.12 bits per heavy atom. The van der Waals surface area contributed by atoms with Crippen molar-refractivity contribution in [3.05, 3.63) is 30.2 Å². The zero-order chi connectivity index (χ0) is 23.8. The Morgan fingerprint density at radius 3 is 2.79 bits per heavy atom. The van der Waals surface area contributed by atoms with Gasteiger partial charge in [-0.3, -0.25) is 0 Å². The number of carbonyl (C=O) groups excluding carboxylic acids is 1. The normalized spacial score (nSPS) is 17.4.